The highest BCUT2D eigenvalue weighted by Crippen LogP contribution is 2.25. The van der Waals surface area contributed by atoms with Crippen LogP contribution in [0.15, 0.2) is 54.6 Å². The largest absolute Gasteiger partial charge is 0.358 e. The highest BCUT2D eigenvalue weighted by Gasteiger charge is 2.28. The predicted molar refractivity (Wildman–Crippen MR) is 113 cm³/mol. The van der Waals surface area contributed by atoms with Gasteiger partial charge in [0.1, 0.15) is 5.82 Å². The average Bonchev–Trinajstić information content (AvgIpc) is 2.64. The molecule has 0 aliphatic carbocycles. The highest BCUT2D eigenvalue weighted by atomic mass is 32.1. The Morgan fingerprint density at radius 1 is 1.04 bits per heavy atom. The third kappa shape index (κ3) is 5.48. The number of likely N-dealkylation sites (N-methyl/N-ethyl adjacent to an activating group) is 1. The van der Waals surface area contributed by atoms with Crippen molar-refractivity contribution in [2.45, 2.75) is 19.0 Å². The standard InChI is InChI=1S/C21H27FN4S/c1-16(23-21(27)24-19-10-6-9-18(22)15-19)20(17-7-4-3-5-8-17)26-13-11-25(2)12-14-26/h3-10,15-16,20H,11-14H2,1-2H3,(H2,23,24,27)/t16-,20-/m0/s1. The lowest BCUT2D eigenvalue weighted by atomic mass is 9.98. The second-order valence-electron chi connectivity index (χ2n) is 7.09. The molecule has 2 atom stereocenters. The molecule has 0 bridgehead atoms. The first-order chi connectivity index (χ1) is 13.0. The molecule has 1 aliphatic rings. The zero-order chi connectivity index (χ0) is 19.2. The van der Waals surface area contributed by atoms with E-state index in [9.17, 15) is 4.39 Å². The smallest absolute Gasteiger partial charge is 0.171 e. The number of nitrogens with zero attached hydrogens (tertiary/aromatic N) is 2. The number of anilines is 1. The Hall–Kier alpha value is -2.02. The summed E-state index contributed by atoms with van der Waals surface area (Å²) in [4.78, 5) is 4.87. The minimum atomic E-state index is -0.282. The lowest BCUT2D eigenvalue weighted by molar-refractivity contribution is 0.0973. The minimum absolute atomic E-state index is 0.101. The van der Waals surface area contributed by atoms with Crippen molar-refractivity contribution >= 4 is 23.0 Å². The predicted octanol–water partition coefficient (Wildman–Crippen LogP) is 3.49. The molecule has 4 nitrogen and oxygen atoms in total. The van der Waals surface area contributed by atoms with Crippen molar-refractivity contribution in [1.29, 1.82) is 0 Å². The zero-order valence-electron chi connectivity index (χ0n) is 15.9. The Morgan fingerprint density at radius 2 is 1.74 bits per heavy atom. The molecule has 0 radical (unpaired) electrons. The second kappa shape index (κ2) is 9.26. The van der Waals surface area contributed by atoms with Crippen LogP contribution in [0.25, 0.3) is 0 Å². The molecule has 1 heterocycles. The van der Waals surface area contributed by atoms with E-state index >= 15 is 0 Å². The molecular formula is C21H27FN4S. The topological polar surface area (TPSA) is 30.5 Å². The third-order valence-corrected chi connectivity index (χ3v) is 5.21. The maximum Gasteiger partial charge on any atom is 0.171 e. The van der Waals surface area contributed by atoms with Crippen molar-refractivity contribution in [3.63, 3.8) is 0 Å². The van der Waals surface area contributed by atoms with E-state index < -0.39 is 0 Å². The first-order valence-corrected chi connectivity index (χ1v) is 9.74. The van der Waals surface area contributed by atoms with Crippen LogP contribution < -0.4 is 10.6 Å². The van der Waals surface area contributed by atoms with Crippen molar-refractivity contribution in [2.75, 3.05) is 38.5 Å². The summed E-state index contributed by atoms with van der Waals surface area (Å²) in [5.74, 6) is -0.282. The highest BCUT2D eigenvalue weighted by molar-refractivity contribution is 7.80. The van der Waals surface area contributed by atoms with Crippen LogP contribution in [-0.2, 0) is 0 Å². The number of hydrogen-bond acceptors (Lipinski definition) is 3. The fraction of sp³-hybridized carbons (Fsp3) is 0.381. The van der Waals surface area contributed by atoms with Gasteiger partial charge in [0.2, 0.25) is 0 Å². The first kappa shape index (κ1) is 19.7. The van der Waals surface area contributed by atoms with Gasteiger partial charge in [-0.3, -0.25) is 4.90 Å². The molecule has 3 rings (SSSR count). The van der Waals surface area contributed by atoms with Crippen LogP contribution in [0.1, 0.15) is 18.5 Å². The van der Waals surface area contributed by atoms with Crippen molar-refractivity contribution in [1.82, 2.24) is 15.1 Å². The lowest BCUT2D eigenvalue weighted by Gasteiger charge is -2.41. The lowest BCUT2D eigenvalue weighted by Crippen LogP contribution is -2.52. The molecule has 0 spiro atoms. The van der Waals surface area contributed by atoms with Gasteiger partial charge in [-0.15, -0.1) is 0 Å². The molecule has 2 aromatic carbocycles. The van der Waals surface area contributed by atoms with Crippen molar-refractivity contribution < 1.29 is 4.39 Å². The first-order valence-electron chi connectivity index (χ1n) is 9.33. The summed E-state index contributed by atoms with van der Waals surface area (Å²) in [6.45, 7) is 6.30. The van der Waals surface area contributed by atoms with Crippen molar-refractivity contribution in [2.24, 2.45) is 0 Å². The summed E-state index contributed by atoms with van der Waals surface area (Å²) in [6.07, 6.45) is 0. The van der Waals surface area contributed by atoms with Gasteiger partial charge in [-0.25, -0.2) is 4.39 Å². The van der Waals surface area contributed by atoms with E-state index in [-0.39, 0.29) is 17.9 Å². The molecule has 2 N–H and O–H groups in total. The number of benzene rings is 2. The molecular weight excluding hydrogens is 359 g/mol. The van der Waals surface area contributed by atoms with Gasteiger partial charge < -0.3 is 15.5 Å². The van der Waals surface area contributed by atoms with Crippen molar-refractivity contribution in [3.8, 4) is 0 Å². The van der Waals surface area contributed by atoms with Gasteiger partial charge in [-0.05, 0) is 50.0 Å². The van der Waals surface area contributed by atoms with Gasteiger partial charge in [0.05, 0.1) is 6.04 Å². The Labute approximate surface area is 166 Å². The van der Waals surface area contributed by atoms with E-state index in [0.29, 0.717) is 10.8 Å². The number of rotatable bonds is 5. The van der Waals surface area contributed by atoms with Crippen LogP contribution >= 0.6 is 12.2 Å². The van der Waals surface area contributed by atoms with E-state index in [0.717, 1.165) is 26.2 Å². The molecule has 2 aromatic rings. The Morgan fingerprint density at radius 3 is 2.41 bits per heavy atom. The summed E-state index contributed by atoms with van der Waals surface area (Å²) in [6, 6.07) is 17.2. The molecule has 1 aliphatic heterocycles. The van der Waals surface area contributed by atoms with Gasteiger partial charge in [-0.2, -0.15) is 0 Å². The number of piperazine rings is 1. The van der Waals surface area contributed by atoms with E-state index in [2.05, 4.69) is 58.7 Å². The normalized spacial score (nSPS) is 17.9. The molecule has 1 fully saturated rings. The van der Waals surface area contributed by atoms with Gasteiger partial charge in [0.15, 0.2) is 5.11 Å². The molecule has 6 heteroatoms. The molecule has 0 unspecified atom stereocenters. The molecule has 1 saturated heterocycles. The van der Waals surface area contributed by atoms with Crippen LogP contribution in [0.2, 0.25) is 0 Å². The van der Waals surface area contributed by atoms with Gasteiger partial charge in [0, 0.05) is 37.9 Å². The number of nitrogens with one attached hydrogen (secondary N) is 2. The van der Waals surface area contributed by atoms with Gasteiger partial charge in [-0.1, -0.05) is 36.4 Å². The fourth-order valence-electron chi connectivity index (χ4n) is 3.59. The number of hydrogen-bond donors (Lipinski definition) is 2. The average molecular weight is 387 g/mol. The van der Waals surface area contributed by atoms with E-state index in [1.54, 1.807) is 12.1 Å². The third-order valence-electron chi connectivity index (χ3n) is 4.99. The summed E-state index contributed by atoms with van der Waals surface area (Å²) in [5, 5.41) is 6.98. The molecule has 144 valence electrons. The molecule has 0 saturated carbocycles. The van der Waals surface area contributed by atoms with Gasteiger partial charge >= 0.3 is 0 Å². The maximum absolute atomic E-state index is 13.4. The van der Waals surface area contributed by atoms with Crippen LogP contribution in [0.3, 0.4) is 0 Å². The number of thiocarbonyl (C=S) groups is 1. The van der Waals surface area contributed by atoms with Crippen LogP contribution in [0, 0.1) is 5.82 Å². The Balaban J connectivity index is 1.70. The van der Waals surface area contributed by atoms with Crippen LogP contribution in [0.5, 0.6) is 0 Å². The Kier molecular flexibility index (Phi) is 6.77. The minimum Gasteiger partial charge on any atom is -0.358 e. The summed E-state index contributed by atoms with van der Waals surface area (Å²) < 4.78 is 13.4. The Bertz CT molecular complexity index is 747. The second-order valence-corrected chi connectivity index (χ2v) is 7.50. The van der Waals surface area contributed by atoms with Crippen LogP contribution in [-0.4, -0.2) is 54.2 Å². The van der Waals surface area contributed by atoms with E-state index in [4.69, 9.17) is 12.2 Å². The van der Waals surface area contributed by atoms with E-state index in [1.165, 1.54) is 17.7 Å². The monoisotopic (exact) mass is 386 g/mol. The molecule has 27 heavy (non-hydrogen) atoms. The summed E-state index contributed by atoms with van der Waals surface area (Å²) in [7, 11) is 2.16. The quantitative estimate of drug-likeness (QED) is 0.768. The van der Waals surface area contributed by atoms with Crippen LogP contribution in [0.4, 0.5) is 10.1 Å². The van der Waals surface area contributed by atoms with E-state index in [1.807, 2.05) is 6.07 Å². The fourth-order valence-corrected chi connectivity index (χ4v) is 3.89. The van der Waals surface area contributed by atoms with Crippen molar-refractivity contribution in [3.05, 3.63) is 66.0 Å². The number of halogens is 1. The summed E-state index contributed by atoms with van der Waals surface area (Å²) in [5.41, 5.74) is 1.92. The zero-order valence-corrected chi connectivity index (χ0v) is 16.7. The van der Waals surface area contributed by atoms with Gasteiger partial charge in [0.25, 0.3) is 0 Å². The molecule has 0 aromatic heterocycles. The molecule has 0 amide bonds. The summed E-state index contributed by atoms with van der Waals surface area (Å²) >= 11 is 5.47. The maximum atomic E-state index is 13.4. The SMILES string of the molecule is C[C@H](NC(=S)Nc1cccc(F)c1)[C@@H](c1ccccc1)N1CCN(C)CC1.